The molecular weight excluding hydrogens is 384 g/mol. The second kappa shape index (κ2) is 8.13. The molecule has 0 bridgehead atoms. The minimum Gasteiger partial charge on any atom is -0.451 e. The lowest BCUT2D eigenvalue weighted by molar-refractivity contribution is -0.113. The zero-order valence-corrected chi connectivity index (χ0v) is 17.4. The number of carbonyl (C=O) groups is 1. The molecule has 0 saturated heterocycles. The Balaban J connectivity index is 1.53. The summed E-state index contributed by atoms with van der Waals surface area (Å²) in [5.41, 5.74) is 4.06. The van der Waals surface area contributed by atoms with Gasteiger partial charge in [-0.3, -0.25) is 4.79 Å². The molecule has 148 valence electrons. The zero-order valence-electron chi connectivity index (χ0n) is 16.6. The Hall–Kier alpha value is -3.06. The van der Waals surface area contributed by atoms with Gasteiger partial charge in [0.1, 0.15) is 22.0 Å². The number of nitrogens with zero attached hydrogens (tertiary/aromatic N) is 3. The van der Waals surface area contributed by atoms with Gasteiger partial charge in [-0.15, -0.1) is 0 Å². The van der Waals surface area contributed by atoms with Crippen LogP contribution in [-0.2, 0) is 11.2 Å². The van der Waals surface area contributed by atoms with Gasteiger partial charge in [-0.1, -0.05) is 30.8 Å². The minimum absolute atomic E-state index is 0.0893. The molecule has 29 heavy (non-hydrogen) atoms. The number of hydrogen-bond donors (Lipinski definition) is 1. The number of para-hydroxylation sites is 1. The lowest BCUT2D eigenvalue weighted by Gasteiger charge is -2.13. The lowest BCUT2D eigenvalue weighted by atomic mass is 10.2. The summed E-state index contributed by atoms with van der Waals surface area (Å²) in [5, 5.41) is 4.59. The van der Waals surface area contributed by atoms with Crippen LogP contribution in [0.3, 0.4) is 0 Å². The number of thioether (sulfide) groups is 1. The molecule has 0 aliphatic carbocycles. The van der Waals surface area contributed by atoms with Crippen LogP contribution in [0, 0.1) is 0 Å². The Bertz CT molecular complexity index is 1170. The van der Waals surface area contributed by atoms with Crippen LogP contribution in [0.2, 0.25) is 0 Å². The fraction of sp³-hybridized carbons (Fsp3) is 0.227. The van der Waals surface area contributed by atoms with Crippen molar-refractivity contribution < 1.29 is 9.21 Å². The third-order valence-electron chi connectivity index (χ3n) is 4.56. The summed E-state index contributed by atoms with van der Waals surface area (Å²) in [7, 11) is 3.96. The Morgan fingerprint density at radius 1 is 1.10 bits per heavy atom. The Kier molecular flexibility index (Phi) is 5.40. The van der Waals surface area contributed by atoms with Crippen LogP contribution in [0.25, 0.3) is 22.1 Å². The fourth-order valence-electron chi connectivity index (χ4n) is 3.04. The Morgan fingerprint density at radius 2 is 1.86 bits per heavy atom. The van der Waals surface area contributed by atoms with Crippen molar-refractivity contribution in [1.82, 2.24) is 9.97 Å². The van der Waals surface area contributed by atoms with E-state index in [0.29, 0.717) is 17.0 Å². The summed E-state index contributed by atoms with van der Waals surface area (Å²) in [4.78, 5) is 23.7. The van der Waals surface area contributed by atoms with Crippen molar-refractivity contribution in [3.05, 3.63) is 54.4 Å². The Labute approximate surface area is 173 Å². The van der Waals surface area contributed by atoms with Crippen molar-refractivity contribution in [3.8, 4) is 0 Å². The van der Waals surface area contributed by atoms with E-state index < -0.39 is 0 Å². The average Bonchev–Trinajstić information content (AvgIpc) is 3.11. The van der Waals surface area contributed by atoms with Crippen molar-refractivity contribution in [1.29, 1.82) is 0 Å². The predicted molar refractivity (Wildman–Crippen MR) is 119 cm³/mol. The van der Waals surface area contributed by atoms with E-state index in [1.807, 2.05) is 74.4 Å². The largest absolute Gasteiger partial charge is 0.451 e. The van der Waals surface area contributed by atoms with Crippen LogP contribution >= 0.6 is 11.8 Å². The highest BCUT2D eigenvalue weighted by molar-refractivity contribution is 8.00. The van der Waals surface area contributed by atoms with Gasteiger partial charge in [-0.25, -0.2) is 9.97 Å². The highest BCUT2D eigenvalue weighted by Gasteiger charge is 2.16. The molecule has 0 unspecified atom stereocenters. The van der Waals surface area contributed by atoms with Gasteiger partial charge in [0.15, 0.2) is 5.58 Å². The number of anilines is 2. The first-order valence-corrected chi connectivity index (χ1v) is 10.4. The molecule has 0 fully saturated rings. The smallest absolute Gasteiger partial charge is 0.234 e. The minimum atomic E-state index is -0.0893. The molecule has 0 aliphatic heterocycles. The molecule has 2 aromatic heterocycles. The van der Waals surface area contributed by atoms with E-state index in [0.717, 1.165) is 33.7 Å². The van der Waals surface area contributed by atoms with E-state index in [9.17, 15) is 4.79 Å². The molecule has 0 spiro atoms. The standard InChI is InChI=1S/C22H22N4O2S/c1-4-18-24-20-16-7-5-6-8-17(16)28-21(20)22(25-18)29-13-19(27)23-14-9-11-15(12-10-14)26(2)3/h5-12H,4,13H2,1-3H3,(H,23,27). The van der Waals surface area contributed by atoms with Gasteiger partial charge in [0.05, 0.1) is 5.75 Å². The third kappa shape index (κ3) is 4.05. The number of amides is 1. The molecule has 0 aliphatic rings. The van der Waals surface area contributed by atoms with Gasteiger partial charge >= 0.3 is 0 Å². The predicted octanol–water partition coefficient (Wildman–Crippen LogP) is 4.74. The summed E-state index contributed by atoms with van der Waals surface area (Å²) in [6.07, 6.45) is 0.716. The second-order valence-electron chi connectivity index (χ2n) is 6.85. The normalized spacial score (nSPS) is 11.1. The van der Waals surface area contributed by atoms with Crippen LogP contribution in [-0.4, -0.2) is 35.7 Å². The van der Waals surface area contributed by atoms with Crippen LogP contribution in [0.1, 0.15) is 12.7 Å². The number of nitrogens with one attached hydrogen (secondary N) is 1. The molecule has 1 amide bonds. The van der Waals surface area contributed by atoms with Gasteiger partial charge in [-0.2, -0.15) is 0 Å². The zero-order chi connectivity index (χ0) is 20.4. The molecule has 0 radical (unpaired) electrons. The van der Waals surface area contributed by atoms with Gasteiger partial charge in [0.25, 0.3) is 0 Å². The summed E-state index contributed by atoms with van der Waals surface area (Å²) in [6.45, 7) is 2.02. The average molecular weight is 407 g/mol. The fourth-order valence-corrected chi connectivity index (χ4v) is 3.82. The maximum Gasteiger partial charge on any atom is 0.234 e. The van der Waals surface area contributed by atoms with E-state index in [1.165, 1.54) is 11.8 Å². The molecule has 0 saturated carbocycles. The molecule has 4 aromatic rings. The van der Waals surface area contributed by atoms with Crippen molar-refractivity contribution in [2.45, 2.75) is 18.4 Å². The molecule has 2 aromatic carbocycles. The van der Waals surface area contributed by atoms with Crippen molar-refractivity contribution >= 4 is 51.1 Å². The molecular formula is C22H22N4O2S. The van der Waals surface area contributed by atoms with Crippen LogP contribution in [0.4, 0.5) is 11.4 Å². The SMILES string of the molecule is CCc1nc(SCC(=O)Nc2ccc(N(C)C)cc2)c2oc3ccccc3c2n1. The first-order valence-electron chi connectivity index (χ1n) is 9.43. The van der Waals surface area contributed by atoms with Crippen molar-refractivity contribution in [2.75, 3.05) is 30.1 Å². The first kappa shape index (κ1) is 19.3. The van der Waals surface area contributed by atoms with E-state index >= 15 is 0 Å². The molecule has 7 heteroatoms. The topological polar surface area (TPSA) is 71.3 Å². The molecule has 4 rings (SSSR count). The number of aryl methyl sites for hydroxylation is 1. The summed E-state index contributed by atoms with van der Waals surface area (Å²) < 4.78 is 5.99. The van der Waals surface area contributed by atoms with E-state index in [4.69, 9.17) is 4.42 Å². The van der Waals surface area contributed by atoms with Gasteiger partial charge < -0.3 is 14.6 Å². The van der Waals surface area contributed by atoms with E-state index in [2.05, 4.69) is 15.3 Å². The van der Waals surface area contributed by atoms with Crippen LogP contribution in [0.5, 0.6) is 0 Å². The maximum absolute atomic E-state index is 12.5. The number of furan rings is 1. The Morgan fingerprint density at radius 3 is 2.59 bits per heavy atom. The van der Waals surface area contributed by atoms with Crippen LogP contribution < -0.4 is 10.2 Å². The quantitative estimate of drug-likeness (QED) is 0.368. The number of benzene rings is 2. The van der Waals surface area contributed by atoms with Gasteiger partial charge in [-0.05, 0) is 36.4 Å². The summed E-state index contributed by atoms with van der Waals surface area (Å²) >= 11 is 1.36. The number of rotatable bonds is 6. The highest BCUT2D eigenvalue weighted by Crippen LogP contribution is 2.33. The van der Waals surface area contributed by atoms with Gasteiger partial charge in [0, 0.05) is 37.3 Å². The number of fused-ring (bicyclic) bond motifs is 3. The van der Waals surface area contributed by atoms with E-state index in [1.54, 1.807) is 0 Å². The summed E-state index contributed by atoms with van der Waals surface area (Å²) in [5.74, 6) is 0.890. The number of hydrogen-bond acceptors (Lipinski definition) is 6. The number of carbonyl (C=O) groups excluding carboxylic acids is 1. The third-order valence-corrected chi connectivity index (χ3v) is 5.52. The molecule has 2 heterocycles. The maximum atomic E-state index is 12.5. The monoisotopic (exact) mass is 406 g/mol. The van der Waals surface area contributed by atoms with E-state index in [-0.39, 0.29) is 11.7 Å². The number of aromatic nitrogens is 2. The molecule has 6 nitrogen and oxygen atoms in total. The molecule has 0 atom stereocenters. The van der Waals surface area contributed by atoms with Crippen LogP contribution in [0.15, 0.2) is 58.0 Å². The van der Waals surface area contributed by atoms with Gasteiger partial charge in [0.2, 0.25) is 5.91 Å². The highest BCUT2D eigenvalue weighted by atomic mass is 32.2. The molecule has 1 N–H and O–H groups in total. The second-order valence-corrected chi connectivity index (χ2v) is 7.82. The van der Waals surface area contributed by atoms with Crippen molar-refractivity contribution in [3.63, 3.8) is 0 Å². The summed E-state index contributed by atoms with van der Waals surface area (Å²) in [6, 6.07) is 15.5. The first-order chi connectivity index (χ1) is 14.0. The van der Waals surface area contributed by atoms with Crippen molar-refractivity contribution in [2.24, 2.45) is 0 Å². The lowest BCUT2D eigenvalue weighted by Crippen LogP contribution is -2.14.